The molecule has 2 rings (SSSR count). The quantitative estimate of drug-likeness (QED) is 0.920. The van der Waals surface area contributed by atoms with E-state index >= 15 is 0 Å². The van der Waals surface area contributed by atoms with E-state index in [0.717, 1.165) is 16.9 Å². The molecule has 0 saturated heterocycles. The zero-order valence-electron chi connectivity index (χ0n) is 12.0. The van der Waals surface area contributed by atoms with Gasteiger partial charge in [-0.15, -0.1) is 0 Å². The molecule has 1 N–H and O–H groups in total. The van der Waals surface area contributed by atoms with Gasteiger partial charge in [0.15, 0.2) is 0 Å². The van der Waals surface area contributed by atoms with E-state index in [0.29, 0.717) is 17.5 Å². The summed E-state index contributed by atoms with van der Waals surface area (Å²) in [6.45, 7) is 3.69. The third kappa shape index (κ3) is 3.17. The van der Waals surface area contributed by atoms with Gasteiger partial charge in [0.05, 0.1) is 13.2 Å². The van der Waals surface area contributed by atoms with Gasteiger partial charge in [0.2, 0.25) is 0 Å². The van der Waals surface area contributed by atoms with E-state index in [2.05, 4.69) is 0 Å². The second-order valence-electron chi connectivity index (χ2n) is 5.04. The van der Waals surface area contributed by atoms with Gasteiger partial charge in [0.1, 0.15) is 11.6 Å². The molecule has 0 heterocycles. The van der Waals surface area contributed by atoms with E-state index in [4.69, 9.17) is 4.74 Å². The van der Waals surface area contributed by atoms with Crippen LogP contribution in [0, 0.1) is 19.7 Å². The predicted molar refractivity (Wildman–Crippen MR) is 77.5 cm³/mol. The highest BCUT2D eigenvalue weighted by molar-refractivity contribution is 5.38. The Bertz CT molecular complexity index is 608. The molecule has 0 spiro atoms. The molecule has 0 aliphatic heterocycles. The molecule has 0 aliphatic rings. The molecule has 20 heavy (non-hydrogen) atoms. The molecule has 2 aromatic rings. The van der Waals surface area contributed by atoms with Crippen molar-refractivity contribution in [3.05, 3.63) is 64.5 Å². The molecule has 1 unspecified atom stereocenters. The van der Waals surface area contributed by atoms with Crippen molar-refractivity contribution in [2.24, 2.45) is 0 Å². The SMILES string of the molecule is COc1ccc(C)cc1CC(O)c1ccc(F)c(C)c1. The molecular weight excluding hydrogens is 255 g/mol. The van der Waals surface area contributed by atoms with Crippen molar-refractivity contribution >= 4 is 0 Å². The van der Waals surface area contributed by atoms with Gasteiger partial charge >= 0.3 is 0 Å². The summed E-state index contributed by atoms with van der Waals surface area (Å²) < 4.78 is 18.6. The molecule has 0 fully saturated rings. The maximum absolute atomic E-state index is 13.3. The molecule has 1 atom stereocenters. The Morgan fingerprint density at radius 2 is 1.90 bits per heavy atom. The molecule has 0 bridgehead atoms. The summed E-state index contributed by atoms with van der Waals surface area (Å²) in [5, 5.41) is 10.3. The Hall–Kier alpha value is -1.87. The Morgan fingerprint density at radius 1 is 1.15 bits per heavy atom. The van der Waals surface area contributed by atoms with Crippen LogP contribution in [0.5, 0.6) is 5.75 Å². The lowest BCUT2D eigenvalue weighted by Crippen LogP contribution is -2.04. The number of hydrogen-bond donors (Lipinski definition) is 1. The average Bonchev–Trinajstić information content (AvgIpc) is 2.42. The summed E-state index contributed by atoms with van der Waals surface area (Å²) in [5.74, 6) is 0.502. The van der Waals surface area contributed by atoms with Gasteiger partial charge in [-0.3, -0.25) is 0 Å². The van der Waals surface area contributed by atoms with Crippen LogP contribution in [0.2, 0.25) is 0 Å². The van der Waals surface area contributed by atoms with E-state index in [9.17, 15) is 9.50 Å². The van der Waals surface area contributed by atoms with Crippen LogP contribution in [-0.2, 0) is 6.42 Å². The van der Waals surface area contributed by atoms with Crippen molar-refractivity contribution in [1.29, 1.82) is 0 Å². The first kappa shape index (κ1) is 14.5. The minimum Gasteiger partial charge on any atom is -0.496 e. The average molecular weight is 274 g/mol. The second-order valence-corrected chi connectivity index (χ2v) is 5.04. The zero-order valence-corrected chi connectivity index (χ0v) is 12.0. The highest BCUT2D eigenvalue weighted by atomic mass is 19.1. The highest BCUT2D eigenvalue weighted by Gasteiger charge is 2.13. The smallest absolute Gasteiger partial charge is 0.126 e. The van der Waals surface area contributed by atoms with Crippen molar-refractivity contribution in [1.82, 2.24) is 0 Å². The Morgan fingerprint density at radius 3 is 2.55 bits per heavy atom. The summed E-state index contributed by atoms with van der Waals surface area (Å²) in [5.41, 5.74) is 3.32. The van der Waals surface area contributed by atoms with Crippen LogP contribution < -0.4 is 4.74 Å². The number of benzene rings is 2. The van der Waals surface area contributed by atoms with Crippen molar-refractivity contribution < 1.29 is 14.2 Å². The fourth-order valence-electron chi connectivity index (χ4n) is 2.27. The lowest BCUT2D eigenvalue weighted by atomic mass is 9.98. The molecule has 0 radical (unpaired) electrons. The number of ether oxygens (including phenoxy) is 1. The summed E-state index contributed by atoms with van der Waals surface area (Å²) >= 11 is 0. The van der Waals surface area contributed by atoms with E-state index in [1.54, 1.807) is 26.2 Å². The topological polar surface area (TPSA) is 29.5 Å². The molecule has 3 heteroatoms. The van der Waals surface area contributed by atoms with Crippen molar-refractivity contribution in [3.8, 4) is 5.75 Å². The number of aryl methyl sites for hydroxylation is 2. The van der Waals surface area contributed by atoms with Crippen LogP contribution in [0.4, 0.5) is 4.39 Å². The monoisotopic (exact) mass is 274 g/mol. The molecule has 0 saturated carbocycles. The Kier molecular flexibility index (Phi) is 4.40. The number of rotatable bonds is 4. The summed E-state index contributed by atoms with van der Waals surface area (Å²) in [7, 11) is 1.61. The van der Waals surface area contributed by atoms with Crippen molar-refractivity contribution in [2.75, 3.05) is 7.11 Å². The van der Waals surface area contributed by atoms with Gasteiger partial charge in [-0.25, -0.2) is 4.39 Å². The van der Waals surface area contributed by atoms with Crippen LogP contribution in [0.15, 0.2) is 36.4 Å². The maximum Gasteiger partial charge on any atom is 0.126 e. The van der Waals surface area contributed by atoms with Crippen molar-refractivity contribution in [2.45, 2.75) is 26.4 Å². The molecule has 0 aliphatic carbocycles. The van der Waals surface area contributed by atoms with Gasteiger partial charge < -0.3 is 9.84 Å². The first-order valence-corrected chi connectivity index (χ1v) is 6.59. The first-order chi connectivity index (χ1) is 9.51. The second kappa shape index (κ2) is 6.06. The van der Waals surface area contributed by atoms with E-state index in [1.165, 1.54) is 6.07 Å². The summed E-state index contributed by atoms with van der Waals surface area (Å²) in [6.07, 6.45) is -0.236. The fraction of sp³-hybridized carbons (Fsp3) is 0.294. The third-order valence-electron chi connectivity index (χ3n) is 3.42. The lowest BCUT2D eigenvalue weighted by Gasteiger charge is -2.15. The Balaban J connectivity index is 2.24. The molecule has 0 amide bonds. The fourth-order valence-corrected chi connectivity index (χ4v) is 2.27. The molecule has 2 nitrogen and oxygen atoms in total. The predicted octanol–water partition coefficient (Wildman–Crippen LogP) is 3.73. The van der Waals surface area contributed by atoms with Crippen molar-refractivity contribution in [3.63, 3.8) is 0 Å². The Labute approximate surface area is 118 Å². The van der Waals surface area contributed by atoms with Gasteiger partial charge in [-0.2, -0.15) is 0 Å². The largest absolute Gasteiger partial charge is 0.496 e. The van der Waals surface area contributed by atoms with Crippen LogP contribution in [0.1, 0.15) is 28.4 Å². The van der Waals surface area contributed by atoms with Crippen LogP contribution in [0.25, 0.3) is 0 Å². The van der Waals surface area contributed by atoms with E-state index in [-0.39, 0.29) is 5.82 Å². The van der Waals surface area contributed by atoms with Gasteiger partial charge in [-0.05, 0) is 42.7 Å². The van der Waals surface area contributed by atoms with Gasteiger partial charge in [0, 0.05) is 6.42 Å². The van der Waals surface area contributed by atoms with E-state index < -0.39 is 6.10 Å². The molecule has 106 valence electrons. The van der Waals surface area contributed by atoms with Gasteiger partial charge in [-0.1, -0.05) is 29.8 Å². The van der Waals surface area contributed by atoms with Crippen LogP contribution in [0.3, 0.4) is 0 Å². The number of hydrogen-bond acceptors (Lipinski definition) is 2. The van der Waals surface area contributed by atoms with Crippen LogP contribution in [-0.4, -0.2) is 12.2 Å². The summed E-state index contributed by atoms with van der Waals surface area (Å²) in [6, 6.07) is 10.6. The van der Waals surface area contributed by atoms with Crippen LogP contribution >= 0.6 is 0 Å². The normalized spacial score (nSPS) is 12.2. The maximum atomic E-state index is 13.3. The zero-order chi connectivity index (χ0) is 14.7. The lowest BCUT2D eigenvalue weighted by molar-refractivity contribution is 0.177. The van der Waals surface area contributed by atoms with E-state index in [1.807, 2.05) is 25.1 Å². The number of halogens is 1. The molecule has 0 aromatic heterocycles. The third-order valence-corrected chi connectivity index (χ3v) is 3.42. The molecular formula is C17H19FO2. The first-order valence-electron chi connectivity index (χ1n) is 6.59. The number of aliphatic hydroxyl groups is 1. The number of aliphatic hydroxyl groups excluding tert-OH is 1. The number of methoxy groups -OCH3 is 1. The van der Waals surface area contributed by atoms with Gasteiger partial charge in [0.25, 0.3) is 0 Å². The minimum atomic E-state index is -0.676. The summed E-state index contributed by atoms with van der Waals surface area (Å²) in [4.78, 5) is 0. The molecule has 2 aromatic carbocycles. The standard InChI is InChI=1S/C17H19FO2/c1-11-4-7-17(20-3)14(8-11)10-16(19)13-5-6-15(18)12(2)9-13/h4-9,16,19H,10H2,1-3H3. The highest BCUT2D eigenvalue weighted by Crippen LogP contribution is 2.26. The minimum absolute atomic E-state index is 0.255.